The molecule has 0 rings (SSSR count). The summed E-state index contributed by atoms with van der Waals surface area (Å²) in [5.41, 5.74) is -0.381. The van der Waals surface area contributed by atoms with Gasteiger partial charge in [0.1, 0.15) is 0 Å². The van der Waals surface area contributed by atoms with Crippen LogP contribution in [0.3, 0.4) is 0 Å². The molecule has 0 aromatic heterocycles. The molecule has 0 saturated carbocycles. The van der Waals surface area contributed by atoms with E-state index in [1.54, 1.807) is 0 Å². The van der Waals surface area contributed by atoms with Gasteiger partial charge < -0.3 is 0 Å². The number of nitro groups is 1. The highest BCUT2D eigenvalue weighted by Gasteiger charge is 2.41. The summed E-state index contributed by atoms with van der Waals surface area (Å²) in [6.45, 7) is 11.5. The molecule has 0 N–H and O–H groups in total. The van der Waals surface area contributed by atoms with Gasteiger partial charge in [-0.2, -0.15) is 4.67 Å². The Morgan fingerprint density at radius 1 is 1.25 bits per heavy atom. The Morgan fingerprint density at radius 2 is 1.58 bits per heavy atom. The monoisotopic (exact) mass is 190 g/mol. The molecule has 0 bridgehead atoms. The van der Waals surface area contributed by atoms with Crippen LogP contribution < -0.4 is 0 Å². The van der Waals surface area contributed by atoms with Crippen molar-refractivity contribution in [1.82, 2.24) is 4.67 Å². The summed E-state index contributed by atoms with van der Waals surface area (Å²) in [6, 6.07) is 0. The molecule has 0 aromatic carbocycles. The van der Waals surface area contributed by atoms with Crippen molar-refractivity contribution < 1.29 is 5.03 Å². The molecule has 0 aliphatic rings. The van der Waals surface area contributed by atoms with Crippen LogP contribution in [-0.2, 0) is 0 Å². The zero-order valence-electron chi connectivity index (χ0n) is 8.71. The smallest absolute Gasteiger partial charge is 0.228 e. The molecule has 72 valence electrons. The SMILES string of the molecule is CC(C)(C)N([N+](=O)[O-])[Si](C)(C)C. The van der Waals surface area contributed by atoms with E-state index in [1.807, 2.05) is 40.4 Å². The molecule has 0 heterocycles. The van der Waals surface area contributed by atoms with Crippen LogP contribution in [0.1, 0.15) is 20.8 Å². The van der Waals surface area contributed by atoms with E-state index in [-0.39, 0.29) is 10.6 Å². The zero-order chi connectivity index (χ0) is 10.2. The Labute approximate surface area is 74.8 Å². The van der Waals surface area contributed by atoms with Gasteiger partial charge in [0.05, 0.1) is 5.54 Å². The van der Waals surface area contributed by atoms with E-state index in [1.165, 1.54) is 4.67 Å². The van der Waals surface area contributed by atoms with Gasteiger partial charge >= 0.3 is 0 Å². The quantitative estimate of drug-likeness (QED) is 0.380. The summed E-state index contributed by atoms with van der Waals surface area (Å²) in [7, 11) is -1.85. The van der Waals surface area contributed by atoms with Gasteiger partial charge in [0.2, 0.25) is 8.24 Å². The first-order valence-electron chi connectivity index (χ1n) is 4.01. The second-order valence-electron chi connectivity index (χ2n) is 4.89. The van der Waals surface area contributed by atoms with Crippen molar-refractivity contribution >= 4 is 8.24 Å². The Morgan fingerprint density at radius 3 is 1.58 bits per heavy atom. The lowest BCUT2D eigenvalue weighted by Crippen LogP contribution is -2.58. The fourth-order valence-corrected chi connectivity index (χ4v) is 4.00. The Hall–Kier alpha value is -0.583. The molecule has 0 aromatic rings. The third kappa shape index (κ3) is 2.81. The van der Waals surface area contributed by atoms with Crippen LogP contribution in [0.25, 0.3) is 0 Å². The first-order chi connectivity index (χ1) is 5.07. The predicted molar refractivity (Wildman–Crippen MR) is 51.9 cm³/mol. The van der Waals surface area contributed by atoms with Crippen LogP contribution >= 0.6 is 0 Å². The highest BCUT2D eigenvalue weighted by Crippen LogP contribution is 2.21. The van der Waals surface area contributed by atoms with Crippen molar-refractivity contribution in [2.45, 2.75) is 46.0 Å². The first-order valence-corrected chi connectivity index (χ1v) is 7.46. The van der Waals surface area contributed by atoms with Gasteiger partial charge in [-0.3, -0.25) is 0 Å². The van der Waals surface area contributed by atoms with Gasteiger partial charge in [-0.05, 0) is 40.4 Å². The molecule has 12 heavy (non-hydrogen) atoms. The Bertz CT molecular complexity index is 167. The van der Waals surface area contributed by atoms with Gasteiger partial charge in [0.15, 0.2) is 5.03 Å². The number of nitrogens with zero attached hydrogens (tertiary/aromatic N) is 2. The average molecular weight is 190 g/mol. The van der Waals surface area contributed by atoms with E-state index in [4.69, 9.17) is 0 Å². The van der Waals surface area contributed by atoms with E-state index in [0.29, 0.717) is 0 Å². The molecule has 0 amide bonds. The topological polar surface area (TPSA) is 46.4 Å². The molecule has 5 heteroatoms. The summed E-state index contributed by atoms with van der Waals surface area (Å²) >= 11 is 0. The van der Waals surface area contributed by atoms with E-state index in [9.17, 15) is 10.1 Å². The number of hydrogen-bond acceptors (Lipinski definition) is 2. The minimum absolute atomic E-state index is 0.272. The summed E-state index contributed by atoms with van der Waals surface area (Å²) in [5.74, 6) is 0. The van der Waals surface area contributed by atoms with E-state index in [0.717, 1.165) is 0 Å². The van der Waals surface area contributed by atoms with Gasteiger partial charge in [0.25, 0.3) is 0 Å². The van der Waals surface area contributed by atoms with Crippen LogP contribution in [0.5, 0.6) is 0 Å². The van der Waals surface area contributed by atoms with Crippen LogP contribution in [0, 0.1) is 10.1 Å². The minimum atomic E-state index is -1.85. The third-order valence-corrected chi connectivity index (χ3v) is 3.54. The molecule has 0 aliphatic heterocycles. The summed E-state index contributed by atoms with van der Waals surface area (Å²) in [4.78, 5) is 10.8. The van der Waals surface area contributed by atoms with Crippen molar-refractivity contribution in [3.63, 3.8) is 0 Å². The molecule has 0 unspecified atom stereocenters. The predicted octanol–water partition coefficient (Wildman–Crippen LogP) is 2.11. The fourth-order valence-electron chi connectivity index (χ4n) is 1.50. The lowest BCUT2D eigenvalue weighted by molar-refractivity contribution is -0.643. The number of hydrazine groups is 1. The van der Waals surface area contributed by atoms with Crippen molar-refractivity contribution in [2.75, 3.05) is 0 Å². The maximum atomic E-state index is 10.8. The Kier molecular flexibility index (Phi) is 2.90. The maximum Gasteiger partial charge on any atom is 0.228 e. The van der Waals surface area contributed by atoms with Crippen LogP contribution in [0.2, 0.25) is 19.6 Å². The molecular weight excluding hydrogens is 172 g/mol. The zero-order valence-corrected chi connectivity index (χ0v) is 9.71. The summed E-state index contributed by atoms with van der Waals surface area (Å²) in [6.07, 6.45) is 0. The highest BCUT2D eigenvalue weighted by atomic mass is 28.3. The van der Waals surface area contributed by atoms with Crippen molar-refractivity contribution in [3.8, 4) is 0 Å². The first kappa shape index (κ1) is 11.4. The van der Waals surface area contributed by atoms with Crippen LogP contribution in [0.4, 0.5) is 0 Å². The second kappa shape index (κ2) is 3.05. The molecular formula is C7H18N2O2Si. The van der Waals surface area contributed by atoms with Crippen LogP contribution in [-0.4, -0.2) is 23.5 Å². The van der Waals surface area contributed by atoms with Gasteiger partial charge in [-0.15, -0.1) is 0 Å². The molecule has 0 saturated heterocycles. The normalized spacial score (nSPS) is 12.8. The average Bonchev–Trinajstić information content (AvgIpc) is 1.49. The third-order valence-electron chi connectivity index (χ3n) is 1.43. The van der Waals surface area contributed by atoms with Crippen molar-refractivity contribution in [3.05, 3.63) is 10.1 Å². The summed E-state index contributed by atoms with van der Waals surface area (Å²) < 4.78 is 1.40. The highest BCUT2D eigenvalue weighted by molar-refractivity contribution is 6.73. The van der Waals surface area contributed by atoms with Gasteiger partial charge in [-0.25, -0.2) is 10.1 Å². The molecule has 0 aliphatic carbocycles. The molecule has 0 radical (unpaired) electrons. The lowest BCUT2D eigenvalue weighted by atomic mass is 10.1. The molecule has 0 atom stereocenters. The summed E-state index contributed by atoms with van der Waals surface area (Å²) in [5, 5.41) is 10.5. The van der Waals surface area contributed by atoms with E-state index in [2.05, 4.69) is 0 Å². The molecule has 4 nitrogen and oxygen atoms in total. The molecule has 0 fully saturated rings. The lowest BCUT2D eigenvalue weighted by Gasteiger charge is -2.36. The van der Waals surface area contributed by atoms with Gasteiger partial charge in [-0.1, -0.05) is 0 Å². The molecule has 0 spiro atoms. The standard InChI is InChI=1S/C7H18N2O2Si/c1-7(2,3)8(9(10)11)12(4,5)6/h1-6H3. The van der Waals surface area contributed by atoms with E-state index < -0.39 is 8.24 Å². The van der Waals surface area contributed by atoms with Gasteiger partial charge in [0, 0.05) is 0 Å². The second-order valence-corrected chi connectivity index (χ2v) is 9.66. The van der Waals surface area contributed by atoms with E-state index >= 15 is 0 Å². The maximum absolute atomic E-state index is 10.8. The van der Waals surface area contributed by atoms with Crippen LogP contribution in [0.15, 0.2) is 0 Å². The largest absolute Gasteiger partial charge is 0.235 e. The Balaban J connectivity index is 4.82. The number of hydrogen-bond donors (Lipinski definition) is 0. The fraction of sp³-hybridized carbons (Fsp3) is 1.00. The number of rotatable bonds is 2. The minimum Gasteiger partial charge on any atom is -0.235 e. The van der Waals surface area contributed by atoms with Crippen molar-refractivity contribution in [1.29, 1.82) is 0 Å². The van der Waals surface area contributed by atoms with Crippen molar-refractivity contribution in [2.24, 2.45) is 0 Å².